The molecule has 0 radical (unpaired) electrons. The normalized spacial score (nSPS) is 44.3. The molecule has 4 rings (SSSR count). The van der Waals surface area contributed by atoms with E-state index in [0.29, 0.717) is 5.41 Å². The fraction of sp³-hybridized carbons (Fsp3) is 1.00. The van der Waals surface area contributed by atoms with E-state index in [9.17, 15) is 0 Å². The summed E-state index contributed by atoms with van der Waals surface area (Å²) < 4.78 is 0. The molecule has 4 saturated carbocycles. The average Bonchev–Trinajstić information content (AvgIpc) is 2.24. The Kier molecular flexibility index (Phi) is 3.25. The van der Waals surface area contributed by atoms with Crippen molar-refractivity contribution in [1.29, 1.82) is 0 Å². The Morgan fingerprint density at radius 2 is 1.44 bits per heavy atom. The first-order chi connectivity index (χ1) is 8.49. The zero-order valence-corrected chi connectivity index (χ0v) is 12.7. The van der Waals surface area contributed by atoms with E-state index in [4.69, 9.17) is 0 Å². The van der Waals surface area contributed by atoms with E-state index in [1.165, 1.54) is 0 Å². The van der Waals surface area contributed by atoms with Crippen LogP contribution in [0, 0.1) is 35.0 Å². The zero-order valence-electron chi connectivity index (χ0n) is 12.7. The van der Waals surface area contributed by atoms with Gasteiger partial charge in [0, 0.05) is 6.04 Å². The maximum atomic E-state index is 3.85. The molecule has 0 spiro atoms. The van der Waals surface area contributed by atoms with Gasteiger partial charge in [-0.3, -0.25) is 0 Å². The van der Waals surface area contributed by atoms with E-state index in [1.807, 2.05) is 0 Å². The van der Waals surface area contributed by atoms with E-state index in [-0.39, 0.29) is 0 Å². The second kappa shape index (κ2) is 4.51. The van der Waals surface area contributed by atoms with Crippen molar-refractivity contribution >= 4 is 0 Å². The van der Waals surface area contributed by atoms with E-state index in [2.05, 4.69) is 33.0 Å². The van der Waals surface area contributed by atoms with Crippen LogP contribution in [0.3, 0.4) is 0 Å². The lowest BCUT2D eigenvalue weighted by atomic mass is 9.49. The Morgan fingerprint density at radius 3 is 1.83 bits per heavy atom. The van der Waals surface area contributed by atoms with E-state index in [1.54, 1.807) is 32.1 Å². The van der Waals surface area contributed by atoms with Crippen molar-refractivity contribution in [1.82, 2.24) is 5.32 Å². The van der Waals surface area contributed by atoms with Gasteiger partial charge < -0.3 is 5.32 Å². The van der Waals surface area contributed by atoms with Crippen molar-refractivity contribution < 1.29 is 0 Å². The van der Waals surface area contributed by atoms with Crippen LogP contribution >= 0.6 is 0 Å². The third kappa shape index (κ3) is 2.13. The van der Waals surface area contributed by atoms with Gasteiger partial charge in [0.15, 0.2) is 0 Å². The number of nitrogens with one attached hydrogen (secondary N) is 1. The van der Waals surface area contributed by atoms with Crippen LogP contribution in [-0.2, 0) is 0 Å². The molecule has 104 valence electrons. The molecule has 4 aliphatic carbocycles. The fourth-order valence-electron chi connectivity index (χ4n) is 5.75. The highest BCUT2D eigenvalue weighted by Crippen LogP contribution is 2.58. The monoisotopic (exact) mass is 249 g/mol. The molecule has 1 atom stereocenters. The molecule has 0 heterocycles. The van der Waals surface area contributed by atoms with Gasteiger partial charge in [-0.1, -0.05) is 27.7 Å². The molecule has 1 unspecified atom stereocenters. The second-order valence-corrected chi connectivity index (χ2v) is 8.41. The van der Waals surface area contributed by atoms with Gasteiger partial charge in [-0.2, -0.15) is 0 Å². The Morgan fingerprint density at radius 1 is 0.944 bits per heavy atom. The molecule has 0 aliphatic heterocycles. The van der Waals surface area contributed by atoms with Gasteiger partial charge in [-0.05, 0) is 73.7 Å². The van der Waals surface area contributed by atoms with E-state index < -0.39 is 0 Å². The first kappa shape index (κ1) is 13.0. The molecular weight excluding hydrogens is 218 g/mol. The lowest BCUT2D eigenvalue weighted by Crippen LogP contribution is -2.57. The van der Waals surface area contributed by atoms with Crippen LogP contribution < -0.4 is 5.32 Å². The van der Waals surface area contributed by atoms with Crippen LogP contribution in [0.5, 0.6) is 0 Å². The summed E-state index contributed by atoms with van der Waals surface area (Å²) in [5.74, 6) is 5.27. The Labute approximate surface area is 113 Å². The molecule has 4 bridgehead atoms. The number of hydrogen-bond acceptors (Lipinski definition) is 1. The highest BCUT2D eigenvalue weighted by molar-refractivity contribution is 5.03. The summed E-state index contributed by atoms with van der Waals surface area (Å²) >= 11 is 0. The predicted octanol–water partition coefficient (Wildman–Crippen LogP) is 4.08. The third-order valence-corrected chi connectivity index (χ3v) is 6.04. The first-order valence-electron chi connectivity index (χ1n) is 8.22. The van der Waals surface area contributed by atoms with Gasteiger partial charge in [0.05, 0.1) is 0 Å². The van der Waals surface area contributed by atoms with Crippen LogP contribution in [0.2, 0.25) is 0 Å². The predicted molar refractivity (Wildman–Crippen MR) is 77.5 cm³/mol. The van der Waals surface area contributed by atoms with Crippen LogP contribution in [0.15, 0.2) is 0 Å². The molecule has 4 fully saturated rings. The van der Waals surface area contributed by atoms with Gasteiger partial charge in [-0.25, -0.2) is 0 Å². The van der Waals surface area contributed by atoms with Crippen LogP contribution in [-0.4, -0.2) is 12.6 Å². The summed E-state index contributed by atoms with van der Waals surface area (Å²) in [6.07, 6.45) is 7.78. The SMILES string of the molecule is CCNC(C1C2CC3CC(C2)CC1C3)C(C)(C)C. The third-order valence-electron chi connectivity index (χ3n) is 6.04. The minimum atomic E-state index is 0.413. The fourth-order valence-corrected chi connectivity index (χ4v) is 5.75. The maximum Gasteiger partial charge on any atom is 0.0149 e. The molecule has 1 nitrogen and oxygen atoms in total. The Hall–Kier alpha value is -0.0400. The molecule has 1 N–H and O–H groups in total. The summed E-state index contributed by atoms with van der Waals surface area (Å²) in [6.45, 7) is 10.7. The standard InChI is InChI=1S/C17H31N/c1-5-18-16(17(2,3)4)15-13-7-11-6-12(9-13)10-14(15)8-11/h11-16,18H,5-10H2,1-4H3. The minimum absolute atomic E-state index is 0.413. The van der Waals surface area contributed by atoms with Crippen molar-refractivity contribution in [2.24, 2.45) is 35.0 Å². The summed E-state index contributed by atoms with van der Waals surface area (Å²) in [5, 5.41) is 3.85. The van der Waals surface area contributed by atoms with Crippen molar-refractivity contribution in [3.8, 4) is 0 Å². The van der Waals surface area contributed by atoms with E-state index >= 15 is 0 Å². The molecule has 0 aromatic heterocycles. The van der Waals surface area contributed by atoms with Gasteiger partial charge in [0.2, 0.25) is 0 Å². The van der Waals surface area contributed by atoms with Crippen LogP contribution in [0.25, 0.3) is 0 Å². The van der Waals surface area contributed by atoms with E-state index in [0.717, 1.165) is 42.2 Å². The van der Waals surface area contributed by atoms with Gasteiger partial charge >= 0.3 is 0 Å². The van der Waals surface area contributed by atoms with Gasteiger partial charge in [-0.15, -0.1) is 0 Å². The van der Waals surface area contributed by atoms with Crippen LogP contribution in [0.1, 0.15) is 59.8 Å². The van der Waals surface area contributed by atoms with Gasteiger partial charge in [0.1, 0.15) is 0 Å². The Balaban J connectivity index is 1.82. The van der Waals surface area contributed by atoms with Crippen molar-refractivity contribution in [3.05, 3.63) is 0 Å². The maximum absolute atomic E-state index is 3.85. The summed E-state index contributed by atoms with van der Waals surface area (Å²) in [6, 6.07) is 0.734. The van der Waals surface area contributed by atoms with Crippen molar-refractivity contribution in [2.45, 2.75) is 65.8 Å². The summed E-state index contributed by atoms with van der Waals surface area (Å²) in [4.78, 5) is 0. The van der Waals surface area contributed by atoms with Gasteiger partial charge in [0.25, 0.3) is 0 Å². The largest absolute Gasteiger partial charge is 0.313 e. The lowest BCUT2D eigenvalue weighted by Gasteiger charge is -2.58. The average molecular weight is 249 g/mol. The first-order valence-corrected chi connectivity index (χ1v) is 8.22. The molecular formula is C17H31N. The smallest absolute Gasteiger partial charge is 0.0149 e. The highest BCUT2D eigenvalue weighted by Gasteiger charge is 2.52. The van der Waals surface area contributed by atoms with Crippen molar-refractivity contribution in [2.75, 3.05) is 6.54 Å². The summed E-state index contributed by atoms with van der Waals surface area (Å²) in [7, 11) is 0. The zero-order chi connectivity index (χ0) is 12.9. The summed E-state index contributed by atoms with van der Waals surface area (Å²) in [5.41, 5.74) is 0.413. The molecule has 0 aromatic rings. The molecule has 18 heavy (non-hydrogen) atoms. The molecule has 0 saturated heterocycles. The molecule has 4 aliphatic rings. The molecule has 1 heteroatoms. The minimum Gasteiger partial charge on any atom is -0.313 e. The molecule has 0 amide bonds. The topological polar surface area (TPSA) is 12.0 Å². The highest BCUT2D eigenvalue weighted by atomic mass is 14.9. The number of rotatable bonds is 3. The molecule has 0 aromatic carbocycles. The lowest BCUT2D eigenvalue weighted by molar-refractivity contribution is -0.0681. The second-order valence-electron chi connectivity index (χ2n) is 8.41. The quantitative estimate of drug-likeness (QED) is 0.794. The van der Waals surface area contributed by atoms with Crippen molar-refractivity contribution in [3.63, 3.8) is 0 Å². The van der Waals surface area contributed by atoms with Crippen LogP contribution in [0.4, 0.5) is 0 Å². The Bertz CT molecular complexity index is 273. The number of hydrogen-bond donors (Lipinski definition) is 1.